The van der Waals surface area contributed by atoms with E-state index in [4.69, 9.17) is 4.74 Å². The zero-order valence-electron chi connectivity index (χ0n) is 13.7. The number of ether oxygens (including phenoxy) is 1. The molecule has 1 aliphatic heterocycles. The van der Waals surface area contributed by atoms with Gasteiger partial charge < -0.3 is 19.9 Å². The summed E-state index contributed by atoms with van der Waals surface area (Å²) in [5.74, 6) is 0.878. The van der Waals surface area contributed by atoms with Crippen LogP contribution in [-0.2, 0) is 11.3 Å². The summed E-state index contributed by atoms with van der Waals surface area (Å²) >= 11 is 0. The maximum absolute atomic E-state index is 5.78. The number of guanidine groups is 1. The van der Waals surface area contributed by atoms with E-state index >= 15 is 0 Å². The van der Waals surface area contributed by atoms with Crippen LogP contribution in [-0.4, -0.2) is 52.6 Å². The molecule has 1 aromatic heterocycles. The van der Waals surface area contributed by atoms with Gasteiger partial charge in [0.25, 0.3) is 0 Å². The Hall–Kier alpha value is -1.63. The first kappa shape index (κ1) is 16.7. The van der Waals surface area contributed by atoms with Crippen molar-refractivity contribution in [2.24, 2.45) is 4.99 Å². The Kier molecular flexibility index (Phi) is 6.64. The van der Waals surface area contributed by atoms with Crippen LogP contribution in [0.25, 0.3) is 0 Å². The zero-order chi connectivity index (χ0) is 15.7. The molecule has 1 atom stereocenters. The van der Waals surface area contributed by atoms with Crippen LogP contribution in [0.3, 0.4) is 0 Å². The Morgan fingerprint density at radius 2 is 2.14 bits per heavy atom. The zero-order valence-corrected chi connectivity index (χ0v) is 13.7. The Balaban J connectivity index is 1.66. The van der Waals surface area contributed by atoms with Gasteiger partial charge in [0.05, 0.1) is 12.1 Å². The highest BCUT2D eigenvalue weighted by Crippen LogP contribution is 2.24. The minimum Gasteiger partial charge on any atom is -0.373 e. The van der Waals surface area contributed by atoms with Gasteiger partial charge in [0.2, 0.25) is 0 Å². The van der Waals surface area contributed by atoms with E-state index in [0.717, 1.165) is 57.9 Å². The highest BCUT2D eigenvalue weighted by molar-refractivity contribution is 5.79. The van der Waals surface area contributed by atoms with Gasteiger partial charge in [-0.2, -0.15) is 0 Å². The molecule has 1 fully saturated rings. The summed E-state index contributed by atoms with van der Waals surface area (Å²) in [5.41, 5.74) is -0.0865. The Morgan fingerprint density at radius 3 is 2.82 bits per heavy atom. The molecule has 124 valence electrons. The number of aliphatic imine (C=N–C) groups is 1. The summed E-state index contributed by atoms with van der Waals surface area (Å²) in [6.45, 7) is 8.52. The van der Waals surface area contributed by atoms with E-state index in [0.29, 0.717) is 6.54 Å². The maximum atomic E-state index is 5.78. The average molecular weight is 308 g/mol. The van der Waals surface area contributed by atoms with Crippen molar-refractivity contribution in [1.82, 2.24) is 25.4 Å². The first-order chi connectivity index (χ1) is 10.7. The number of aromatic nitrogens is 3. The lowest BCUT2D eigenvalue weighted by atomic mass is 10.0. The van der Waals surface area contributed by atoms with E-state index in [-0.39, 0.29) is 5.60 Å². The third-order valence-corrected chi connectivity index (χ3v) is 3.82. The van der Waals surface area contributed by atoms with E-state index in [1.807, 2.05) is 4.57 Å². The first-order valence-corrected chi connectivity index (χ1v) is 8.20. The second kappa shape index (κ2) is 8.73. The molecule has 0 radical (unpaired) electrons. The maximum Gasteiger partial charge on any atom is 0.191 e. The molecule has 0 bridgehead atoms. The largest absolute Gasteiger partial charge is 0.373 e. The molecular formula is C15H28N6O. The minimum atomic E-state index is -0.0865. The normalized spacial score (nSPS) is 22.0. The van der Waals surface area contributed by atoms with Crippen molar-refractivity contribution in [2.45, 2.75) is 51.7 Å². The molecule has 1 unspecified atom stereocenters. The molecule has 0 amide bonds. The standard InChI is InChI=1S/C15H28N6O/c1-3-16-14(18-11-15(2)7-6-10-22-15)17-8-4-5-9-21-12-19-20-13-21/h12-13H,3-11H2,1-2H3,(H2,16,17,18). The van der Waals surface area contributed by atoms with Crippen LogP contribution in [0.5, 0.6) is 0 Å². The van der Waals surface area contributed by atoms with Gasteiger partial charge in [-0.15, -0.1) is 10.2 Å². The Labute approximate surface area is 132 Å². The van der Waals surface area contributed by atoms with Crippen LogP contribution in [0, 0.1) is 0 Å². The van der Waals surface area contributed by atoms with Gasteiger partial charge in [0.1, 0.15) is 12.7 Å². The molecule has 1 aromatic rings. The predicted molar refractivity (Wildman–Crippen MR) is 86.8 cm³/mol. The summed E-state index contributed by atoms with van der Waals surface area (Å²) in [5, 5.41) is 14.3. The van der Waals surface area contributed by atoms with Crippen molar-refractivity contribution in [3.05, 3.63) is 12.7 Å². The topological polar surface area (TPSA) is 76.4 Å². The smallest absolute Gasteiger partial charge is 0.191 e. The number of hydrogen-bond acceptors (Lipinski definition) is 4. The van der Waals surface area contributed by atoms with Gasteiger partial charge in [0, 0.05) is 26.2 Å². The number of hydrogen-bond donors (Lipinski definition) is 2. The Morgan fingerprint density at radius 1 is 1.32 bits per heavy atom. The third kappa shape index (κ3) is 5.63. The molecule has 1 aliphatic rings. The van der Waals surface area contributed by atoms with Crippen molar-refractivity contribution in [2.75, 3.05) is 26.2 Å². The monoisotopic (exact) mass is 308 g/mol. The van der Waals surface area contributed by atoms with Crippen LogP contribution in [0.15, 0.2) is 17.6 Å². The highest BCUT2D eigenvalue weighted by atomic mass is 16.5. The van der Waals surface area contributed by atoms with E-state index < -0.39 is 0 Å². The number of aryl methyl sites for hydroxylation is 1. The number of rotatable bonds is 8. The fourth-order valence-corrected chi connectivity index (χ4v) is 2.51. The molecule has 0 aromatic carbocycles. The fraction of sp³-hybridized carbons (Fsp3) is 0.800. The van der Waals surface area contributed by atoms with Gasteiger partial charge in [-0.1, -0.05) is 0 Å². The molecule has 0 aliphatic carbocycles. The molecule has 1 saturated heterocycles. The van der Waals surface area contributed by atoms with Crippen LogP contribution in [0.4, 0.5) is 0 Å². The lowest BCUT2D eigenvalue weighted by Gasteiger charge is -2.21. The van der Waals surface area contributed by atoms with Gasteiger partial charge in [-0.25, -0.2) is 0 Å². The molecule has 7 heteroatoms. The van der Waals surface area contributed by atoms with Crippen molar-refractivity contribution in [3.63, 3.8) is 0 Å². The molecule has 7 nitrogen and oxygen atoms in total. The number of nitrogens with one attached hydrogen (secondary N) is 2. The summed E-state index contributed by atoms with van der Waals surface area (Å²) < 4.78 is 7.77. The number of unbranched alkanes of at least 4 members (excludes halogenated alkanes) is 1. The quantitative estimate of drug-likeness (QED) is 0.428. The number of nitrogens with zero attached hydrogens (tertiary/aromatic N) is 4. The second-order valence-corrected chi connectivity index (χ2v) is 5.93. The first-order valence-electron chi connectivity index (χ1n) is 8.20. The van der Waals surface area contributed by atoms with Gasteiger partial charge in [-0.05, 0) is 39.5 Å². The summed E-state index contributed by atoms with van der Waals surface area (Å²) in [4.78, 5) is 4.66. The van der Waals surface area contributed by atoms with Gasteiger partial charge in [0.15, 0.2) is 5.96 Å². The lowest BCUT2D eigenvalue weighted by molar-refractivity contribution is 0.0283. The molecule has 0 spiro atoms. The van der Waals surface area contributed by atoms with Crippen LogP contribution >= 0.6 is 0 Å². The van der Waals surface area contributed by atoms with Crippen molar-refractivity contribution in [1.29, 1.82) is 0 Å². The van der Waals surface area contributed by atoms with E-state index in [1.54, 1.807) is 12.7 Å². The minimum absolute atomic E-state index is 0.0865. The second-order valence-electron chi connectivity index (χ2n) is 5.93. The van der Waals surface area contributed by atoms with Crippen molar-refractivity contribution < 1.29 is 4.74 Å². The molecule has 22 heavy (non-hydrogen) atoms. The van der Waals surface area contributed by atoms with E-state index in [9.17, 15) is 0 Å². The van der Waals surface area contributed by atoms with E-state index in [1.165, 1.54) is 0 Å². The summed E-state index contributed by atoms with van der Waals surface area (Å²) in [6.07, 6.45) is 7.90. The fourth-order valence-electron chi connectivity index (χ4n) is 2.51. The molecule has 0 saturated carbocycles. The Bertz CT molecular complexity index is 439. The van der Waals surface area contributed by atoms with Gasteiger partial charge >= 0.3 is 0 Å². The summed E-state index contributed by atoms with van der Waals surface area (Å²) in [7, 11) is 0. The third-order valence-electron chi connectivity index (χ3n) is 3.82. The van der Waals surface area contributed by atoms with Crippen molar-refractivity contribution >= 4 is 5.96 Å². The SMILES string of the molecule is CCNC(=NCC1(C)CCCO1)NCCCCn1cnnc1. The molecule has 2 rings (SSSR count). The lowest BCUT2D eigenvalue weighted by Crippen LogP contribution is -2.39. The molecule has 2 N–H and O–H groups in total. The molecular weight excluding hydrogens is 280 g/mol. The summed E-state index contributed by atoms with van der Waals surface area (Å²) in [6, 6.07) is 0. The predicted octanol–water partition coefficient (Wildman–Crippen LogP) is 1.18. The van der Waals surface area contributed by atoms with Crippen LogP contribution in [0.1, 0.15) is 39.5 Å². The van der Waals surface area contributed by atoms with E-state index in [2.05, 4.69) is 39.7 Å². The molecule has 2 heterocycles. The van der Waals surface area contributed by atoms with Crippen molar-refractivity contribution in [3.8, 4) is 0 Å². The van der Waals surface area contributed by atoms with Gasteiger partial charge in [-0.3, -0.25) is 4.99 Å². The average Bonchev–Trinajstić information content (AvgIpc) is 3.16. The van der Waals surface area contributed by atoms with Crippen LogP contribution in [0.2, 0.25) is 0 Å². The van der Waals surface area contributed by atoms with Crippen LogP contribution < -0.4 is 10.6 Å². The highest BCUT2D eigenvalue weighted by Gasteiger charge is 2.29.